The molecule has 0 radical (unpaired) electrons. The Hall–Kier alpha value is -0.330. The van der Waals surface area contributed by atoms with Gasteiger partial charge in [-0.05, 0) is 62.7 Å². The monoisotopic (exact) mass is 177 g/mol. The van der Waals surface area contributed by atoms with E-state index in [4.69, 9.17) is 5.41 Å². The number of hydrogen-bond acceptors (Lipinski definition) is 1. The van der Waals surface area contributed by atoms with Crippen LogP contribution in [0.1, 0.15) is 39.0 Å². The topological polar surface area (TPSA) is 23.9 Å². The first-order valence-corrected chi connectivity index (χ1v) is 5.79. The van der Waals surface area contributed by atoms with Crippen LogP contribution in [0.3, 0.4) is 0 Å². The molecule has 4 aliphatic carbocycles. The molecule has 4 rings (SSSR count). The molecule has 0 aromatic rings. The van der Waals surface area contributed by atoms with Gasteiger partial charge in [0, 0.05) is 11.6 Å². The number of hydrogen-bond donors (Lipinski definition) is 1. The molecule has 0 unspecified atom stereocenters. The van der Waals surface area contributed by atoms with Crippen LogP contribution in [0.4, 0.5) is 0 Å². The van der Waals surface area contributed by atoms with Gasteiger partial charge in [0.15, 0.2) is 0 Å². The lowest BCUT2D eigenvalue weighted by Gasteiger charge is -2.54. The predicted octanol–water partition coefficient (Wildman–Crippen LogP) is 3.10. The molecule has 0 spiro atoms. The van der Waals surface area contributed by atoms with Gasteiger partial charge in [-0.2, -0.15) is 0 Å². The van der Waals surface area contributed by atoms with Gasteiger partial charge in [-0.1, -0.05) is 0 Å². The van der Waals surface area contributed by atoms with E-state index in [1.165, 1.54) is 32.1 Å². The summed E-state index contributed by atoms with van der Waals surface area (Å²) in [6.45, 7) is 2.03. The van der Waals surface area contributed by atoms with Crippen molar-refractivity contribution in [2.24, 2.45) is 29.6 Å². The molecule has 0 saturated heterocycles. The van der Waals surface area contributed by atoms with E-state index in [2.05, 4.69) is 0 Å². The minimum absolute atomic E-state index is 0.688. The van der Waals surface area contributed by atoms with E-state index in [1.54, 1.807) is 0 Å². The van der Waals surface area contributed by atoms with Crippen LogP contribution in [0.15, 0.2) is 0 Å². The zero-order valence-corrected chi connectivity index (χ0v) is 8.42. The van der Waals surface area contributed by atoms with E-state index in [-0.39, 0.29) is 0 Å². The highest BCUT2D eigenvalue weighted by Crippen LogP contribution is 2.56. The summed E-state index contributed by atoms with van der Waals surface area (Å²) in [6, 6.07) is 0. The minimum atomic E-state index is 0.688. The molecule has 72 valence electrons. The first kappa shape index (κ1) is 8.02. The maximum Gasteiger partial charge on any atom is 0.00946 e. The van der Waals surface area contributed by atoms with Crippen molar-refractivity contribution in [1.82, 2.24) is 0 Å². The van der Waals surface area contributed by atoms with E-state index in [9.17, 15) is 0 Å². The molecule has 0 aliphatic heterocycles. The summed E-state index contributed by atoms with van der Waals surface area (Å²) in [4.78, 5) is 0. The van der Waals surface area contributed by atoms with Gasteiger partial charge in [0.05, 0.1) is 0 Å². The molecule has 0 heterocycles. The molecular weight excluding hydrogens is 158 g/mol. The van der Waals surface area contributed by atoms with Gasteiger partial charge in [0.25, 0.3) is 0 Å². The molecule has 0 atom stereocenters. The van der Waals surface area contributed by atoms with Gasteiger partial charge in [-0.15, -0.1) is 0 Å². The molecule has 4 bridgehead atoms. The largest absolute Gasteiger partial charge is 0.310 e. The summed E-state index contributed by atoms with van der Waals surface area (Å²) in [7, 11) is 0. The molecule has 4 fully saturated rings. The lowest BCUT2D eigenvalue weighted by molar-refractivity contribution is -0.00867. The summed E-state index contributed by atoms with van der Waals surface area (Å²) < 4.78 is 0. The zero-order chi connectivity index (χ0) is 9.00. The fraction of sp³-hybridized carbons (Fsp3) is 0.917. The summed E-state index contributed by atoms with van der Waals surface area (Å²) in [5.41, 5.74) is 0.980. The molecule has 0 aromatic heterocycles. The molecular formula is C12H19N. The number of nitrogens with one attached hydrogen (secondary N) is 1. The molecule has 1 heteroatoms. The third-order valence-electron chi connectivity index (χ3n) is 4.73. The van der Waals surface area contributed by atoms with Gasteiger partial charge in [0.2, 0.25) is 0 Å². The molecule has 4 saturated carbocycles. The van der Waals surface area contributed by atoms with Crippen molar-refractivity contribution >= 4 is 5.71 Å². The smallest absolute Gasteiger partial charge is 0.00946 e. The van der Waals surface area contributed by atoms with Crippen LogP contribution in [-0.2, 0) is 0 Å². The second-order valence-corrected chi connectivity index (χ2v) is 5.64. The van der Waals surface area contributed by atoms with E-state index in [0.29, 0.717) is 5.92 Å². The van der Waals surface area contributed by atoms with E-state index >= 15 is 0 Å². The Bertz CT molecular complexity index is 216. The Morgan fingerprint density at radius 1 is 0.923 bits per heavy atom. The van der Waals surface area contributed by atoms with Crippen LogP contribution in [-0.4, -0.2) is 5.71 Å². The summed E-state index contributed by atoms with van der Waals surface area (Å²) in [5.74, 6) is 4.62. The van der Waals surface area contributed by atoms with Crippen LogP contribution in [0.5, 0.6) is 0 Å². The maximum absolute atomic E-state index is 7.87. The first-order valence-electron chi connectivity index (χ1n) is 5.79. The van der Waals surface area contributed by atoms with Gasteiger partial charge in [-0.25, -0.2) is 0 Å². The average molecular weight is 177 g/mol. The Kier molecular flexibility index (Phi) is 1.59. The van der Waals surface area contributed by atoms with Crippen molar-refractivity contribution in [2.75, 3.05) is 0 Å². The molecule has 4 aliphatic rings. The summed E-state index contributed by atoms with van der Waals surface area (Å²) >= 11 is 0. The van der Waals surface area contributed by atoms with Crippen LogP contribution in [0.2, 0.25) is 0 Å². The highest BCUT2D eigenvalue weighted by Gasteiger charge is 2.48. The van der Waals surface area contributed by atoms with Crippen molar-refractivity contribution in [3.8, 4) is 0 Å². The number of rotatable bonds is 1. The van der Waals surface area contributed by atoms with Crippen LogP contribution >= 0.6 is 0 Å². The van der Waals surface area contributed by atoms with Gasteiger partial charge < -0.3 is 5.41 Å². The molecule has 0 aromatic carbocycles. The highest BCUT2D eigenvalue weighted by atomic mass is 14.6. The van der Waals surface area contributed by atoms with Gasteiger partial charge >= 0.3 is 0 Å². The Labute approximate surface area is 80.4 Å². The van der Waals surface area contributed by atoms with Gasteiger partial charge in [-0.3, -0.25) is 0 Å². The quantitative estimate of drug-likeness (QED) is 0.595. The van der Waals surface area contributed by atoms with Crippen molar-refractivity contribution < 1.29 is 0 Å². The lowest BCUT2D eigenvalue weighted by Crippen LogP contribution is -2.47. The molecule has 0 amide bonds. The first-order chi connectivity index (χ1) is 6.24. The maximum atomic E-state index is 7.87. The Morgan fingerprint density at radius 2 is 1.38 bits per heavy atom. The third kappa shape index (κ3) is 1.09. The SMILES string of the molecule is CC(=N)C1C2CC3CC(C2)CC1C3. The molecule has 1 nitrogen and oxygen atoms in total. The van der Waals surface area contributed by atoms with E-state index < -0.39 is 0 Å². The van der Waals surface area contributed by atoms with Crippen LogP contribution < -0.4 is 0 Å². The van der Waals surface area contributed by atoms with Crippen LogP contribution in [0.25, 0.3) is 0 Å². The third-order valence-corrected chi connectivity index (χ3v) is 4.73. The Balaban J connectivity index is 1.89. The molecule has 1 N–H and O–H groups in total. The summed E-state index contributed by atoms with van der Waals surface area (Å²) in [6.07, 6.45) is 7.33. The van der Waals surface area contributed by atoms with Gasteiger partial charge in [0.1, 0.15) is 0 Å². The van der Waals surface area contributed by atoms with Crippen molar-refractivity contribution in [2.45, 2.75) is 39.0 Å². The Morgan fingerprint density at radius 3 is 1.77 bits per heavy atom. The zero-order valence-electron chi connectivity index (χ0n) is 8.42. The minimum Gasteiger partial charge on any atom is -0.310 e. The van der Waals surface area contributed by atoms with Crippen molar-refractivity contribution in [1.29, 1.82) is 5.41 Å². The van der Waals surface area contributed by atoms with E-state index in [0.717, 1.165) is 29.4 Å². The van der Waals surface area contributed by atoms with E-state index in [1.807, 2.05) is 6.92 Å². The average Bonchev–Trinajstić information content (AvgIpc) is 2.00. The summed E-state index contributed by atoms with van der Waals surface area (Å²) in [5, 5.41) is 7.87. The second-order valence-electron chi connectivity index (χ2n) is 5.64. The fourth-order valence-electron chi connectivity index (χ4n) is 4.63. The van der Waals surface area contributed by atoms with Crippen molar-refractivity contribution in [3.05, 3.63) is 0 Å². The fourth-order valence-corrected chi connectivity index (χ4v) is 4.63. The lowest BCUT2D eigenvalue weighted by atomic mass is 9.51. The molecule has 13 heavy (non-hydrogen) atoms. The van der Waals surface area contributed by atoms with Crippen LogP contribution in [0, 0.1) is 35.0 Å². The second kappa shape index (κ2) is 2.59. The highest BCUT2D eigenvalue weighted by molar-refractivity contribution is 5.82. The predicted molar refractivity (Wildman–Crippen MR) is 53.9 cm³/mol. The normalized spacial score (nSPS) is 52.5. The van der Waals surface area contributed by atoms with Crippen molar-refractivity contribution in [3.63, 3.8) is 0 Å². The standard InChI is InChI=1S/C12H19N/c1-7(13)12-10-3-8-2-9(5-10)6-11(12)4-8/h8-13H,2-6H2,1H3.